The molecule has 0 spiro atoms. The average molecular weight is 274 g/mol. The Morgan fingerprint density at radius 2 is 2.16 bits per heavy atom. The molecular formula is C12H13F3N2O2. The highest BCUT2D eigenvalue weighted by molar-refractivity contribution is 5.99. The van der Waals surface area contributed by atoms with Crippen LogP contribution in [0.3, 0.4) is 0 Å². The molecule has 1 N–H and O–H groups in total. The van der Waals surface area contributed by atoms with E-state index in [0.717, 1.165) is 12.1 Å². The van der Waals surface area contributed by atoms with Gasteiger partial charge in [-0.25, -0.2) is 0 Å². The number of amides is 1. The van der Waals surface area contributed by atoms with E-state index in [4.69, 9.17) is 0 Å². The van der Waals surface area contributed by atoms with Crippen LogP contribution in [0.4, 0.5) is 18.9 Å². The van der Waals surface area contributed by atoms with Crippen LogP contribution in [0.5, 0.6) is 0 Å². The zero-order chi connectivity index (χ0) is 14.0. The van der Waals surface area contributed by atoms with Crippen LogP contribution in [-0.2, 0) is 15.8 Å². The molecule has 1 amide bonds. The molecule has 1 unspecified atom stereocenters. The Hall–Kier alpha value is -1.60. The van der Waals surface area contributed by atoms with Gasteiger partial charge in [-0.2, -0.15) is 18.7 Å². The van der Waals surface area contributed by atoms with Crippen molar-refractivity contribution in [1.82, 2.24) is 5.48 Å². The largest absolute Gasteiger partial charge is 0.416 e. The summed E-state index contributed by atoms with van der Waals surface area (Å²) >= 11 is 0. The summed E-state index contributed by atoms with van der Waals surface area (Å²) in [5, 5.41) is 0. The number of carbonyl (C=O) groups is 1. The second-order valence-electron chi connectivity index (χ2n) is 4.20. The molecule has 0 bridgehead atoms. The number of anilines is 1. The van der Waals surface area contributed by atoms with Crippen molar-refractivity contribution < 1.29 is 22.8 Å². The molecule has 7 heteroatoms. The van der Waals surface area contributed by atoms with Gasteiger partial charge in [0, 0.05) is 12.2 Å². The summed E-state index contributed by atoms with van der Waals surface area (Å²) < 4.78 is 37.8. The van der Waals surface area contributed by atoms with Gasteiger partial charge in [-0.05, 0) is 24.6 Å². The molecule has 0 aliphatic carbocycles. The first kappa shape index (κ1) is 13.8. The molecule has 1 atom stereocenters. The van der Waals surface area contributed by atoms with Gasteiger partial charge in [-0.3, -0.25) is 4.79 Å². The minimum atomic E-state index is -4.41. The molecule has 0 radical (unpaired) electrons. The lowest BCUT2D eigenvalue weighted by molar-refractivity contribution is -0.137. The molecule has 1 aromatic rings. The second-order valence-corrected chi connectivity index (χ2v) is 4.20. The number of alkyl halides is 3. The standard InChI is InChI=1S/C12H13F3N2O2/c1-19-16-10-5-6-17(11(10)18)9-4-2-3-8(7-9)12(13,14)15/h2-4,7,10,16H,5-6H2,1H3. The smallest absolute Gasteiger partial charge is 0.311 e. The van der Waals surface area contributed by atoms with Gasteiger partial charge in [0.2, 0.25) is 5.91 Å². The van der Waals surface area contributed by atoms with E-state index in [1.807, 2.05) is 0 Å². The zero-order valence-corrected chi connectivity index (χ0v) is 10.2. The first-order chi connectivity index (χ1) is 8.93. The lowest BCUT2D eigenvalue weighted by Crippen LogP contribution is -2.37. The van der Waals surface area contributed by atoms with Gasteiger partial charge >= 0.3 is 6.18 Å². The van der Waals surface area contributed by atoms with Crippen molar-refractivity contribution in [3.8, 4) is 0 Å². The third-order valence-corrected chi connectivity index (χ3v) is 2.95. The van der Waals surface area contributed by atoms with Crippen molar-refractivity contribution in [3.05, 3.63) is 29.8 Å². The van der Waals surface area contributed by atoms with Crippen LogP contribution in [0, 0.1) is 0 Å². The van der Waals surface area contributed by atoms with Crippen LogP contribution in [0.2, 0.25) is 0 Å². The number of halogens is 3. The van der Waals surface area contributed by atoms with Gasteiger partial charge in [-0.15, -0.1) is 0 Å². The molecule has 0 aromatic heterocycles. The van der Waals surface area contributed by atoms with E-state index in [2.05, 4.69) is 10.3 Å². The molecule has 1 aromatic carbocycles. The van der Waals surface area contributed by atoms with E-state index in [9.17, 15) is 18.0 Å². The summed E-state index contributed by atoms with van der Waals surface area (Å²) in [6.45, 7) is 0.362. The third-order valence-electron chi connectivity index (χ3n) is 2.95. The number of nitrogens with one attached hydrogen (secondary N) is 1. The highest BCUT2D eigenvalue weighted by Crippen LogP contribution is 2.32. The van der Waals surface area contributed by atoms with Crippen molar-refractivity contribution in [1.29, 1.82) is 0 Å². The van der Waals surface area contributed by atoms with E-state index in [1.54, 1.807) is 0 Å². The summed E-state index contributed by atoms with van der Waals surface area (Å²) in [7, 11) is 1.39. The van der Waals surface area contributed by atoms with Crippen LogP contribution in [0.1, 0.15) is 12.0 Å². The fourth-order valence-corrected chi connectivity index (χ4v) is 2.04. The number of hydroxylamine groups is 1. The minimum absolute atomic E-state index is 0.250. The fourth-order valence-electron chi connectivity index (χ4n) is 2.04. The lowest BCUT2D eigenvalue weighted by Gasteiger charge is -2.18. The Labute approximate surface area is 108 Å². The van der Waals surface area contributed by atoms with Crippen LogP contribution in [0.25, 0.3) is 0 Å². The van der Waals surface area contributed by atoms with Gasteiger partial charge in [0.25, 0.3) is 0 Å². The van der Waals surface area contributed by atoms with Crippen LogP contribution >= 0.6 is 0 Å². The Morgan fingerprint density at radius 3 is 2.79 bits per heavy atom. The molecule has 1 fully saturated rings. The SMILES string of the molecule is CONC1CCN(c2cccc(C(F)(F)F)c2)C1=O. The van der Waals surface area contributed by atoms with Gasteiger partial charge in [0.1, 0.15) is 6.04 Å². The number of hydrogen-bond donors (Lipinski definition) is 1. The predicted molar refractivity (Wildman–Crippen MR) is 62.3 cm³/mol. The van der Waals surface area contributed by atoms with Crippen molar-refractivity contribution >= 4 is 11.6 Å². The van der Waals surface area contributed by atoms with E-state index in [0.29, 0.717) is 13.0 Å². The Morgan fingerprint density at radius 1 is 1.42 bits per heavy atom. The maximum absolute atomic E-state index is 12.6. The summed E-state index contributed by atoms with van der Waals surface area (Å²) in [4.78, 5) is 18.0. The number of rotatable bonds is 3. The molecule has 19 heavy (non-hydrogen) atoms. The average Bonchev–Trinajstić information content (AvgIpc) is 2.71. The van der Waals surface area contributed by atoms with E-state index in [-0.39, 0.29) is 11.6 Å². The predicted octanol–water partition coefficient (Wildman–Crippen LogP) is 1.96. The Balaban J connectivity index is 2.22. The van der Waals surface area contributed by atoms with Crippen molar-refractivity contribution in [2.45, 2.75) is 18.6 Å². The highest BCUT2D eigenvalue weighted by Gasteiger charge is 2.35. The second kappa shape index (κ2) is 5.18. The summed E-state index contributed by atoms with van der Waals surface area (Å²) in [5.74, 6) is -0.291. The van der Waals surface area contributed by atoms with Crippen LogP contribution in [-0.4, -0.2) is 25.6 Å². The quantitative estimate of drug-likeness (QED) is 0.857. The normalized spacial score (nSPS) is 20.1. The first-order valence-corrected chi connectivity index (χ1v) is 5.70. The number of carbonyl (C=O) groups excluding carboxylic acids is 1. The van der Waals surface area contributed by atoms with Crippen LogP contribution < -0.4 is 10.4 Å². The molecule has 1 heterocycles. The zero-order valence-electron chi connectivity index (χ0n) is 10.2. The number of hydrogen-bond acceptors (Lipinski definition) is 3. The first-order valence-electron chi connectivity index (χ1n) is 5.70. The molecule has 0 saturated carbocycles. The minimum Gasteiger partial charge on any atom is -0.311 e. The summed E-state index contributed by atoms with van der Waals surface area (Å²) in [5.41, 5.74) is 2.01. The van der Waals surface area contributed by atoms with Crippen molar-refractivity contribution in [2.75, 3.05) is 18.6 Å². The van der Waals surface area contributed by atoms with Gasteiger partial charge in [0.15, 0.2) is 0 Å². The van der Waals surface area contributed by atoms with Gasteiger partial charge in [0.05, 0.1) is 12.7 Å². The molecular weight excluding hydrogens is 261 g/mol. The van der Waals surface area contributed by atoms with Crippen LogP contribution in [0.15, 0.2) is 24.3 Å². The fraction of sp³-hybridized carbons (Fsp3) is 0.417. The van der Waals surface area contributed by atoms with Gasteiger partial charge < -0.3 is 9.74 Å². The maximum atomic E-state index is 12.6. The topological polar surface area (TPSA) is 41.6 Å². The third kappa shape index (κ3) is 2.87. The monoisotopic (exact) mass is 274 g/mol. The molecule has 1 aliphatic rings. The molecule has 4 nitrogen and oxygen atoms in total. The summed E-state index contributed by atoms with van der Waals surface area (Å²) in [6, 6.07) is 4.23. The number of benzene rings is 1. The maximum Gasteiger partial charge on any atom is 0.416 e. The van der Waals surface area contributed by atoms with Gasteiger partial charge in [-0.1, -0.05) is 6.07 Å². The summed E-state index contributed by atoms with van der Waals surface area (Å²) in [6.07, 6.45) is -3.92. The molecule has 104 valence electrons. The van der Waals surface area contributed by atoms with E-state index < -0.39 is 17.8 Å². The lowest BCUT2D eigenvalue weighted by atomic mass is 10.2. The van der Waals surface area contributed by atoms with E-state index in [1.165, 1.54) is 24.1 Å². The van der Waals surface area contributed by atoms with Crippen molar-refractivity contribution in [3.63, 3.8) is 0 Å². The number of nitrogens with zero attached hydrogens (tertiary/aromatic N) is 1. The Bertz CT molecular complexity index is 476. The van der Waals surface area contributed by atoms with Crippen molar-refractivity contribution in [2.24, 2.45) is 0 Å². The Kier molecular flexibility index (Phi) is 3.77. The van der Waals surface area contributed by atoms with E-state index >= 15 is 0 Å². The molecule has 2 rings (SSSR count). The molecule has 1 aliphatic heterocycles. The molecule has 1 saturated heterocycles. The highest BCUT2D eigenvalue weighted by atomic mass is 19.4.